The molecule has 8 aromatic carbocycles. The third kappa shape index (κ3) is 5.67. The summed E-state index contributed by atoms with van der Waals surface area (Å²) >= 11 is 1.85. The second-order valence-electron chi connectivity index (χ2n) is 14.2. The molecule has 0 amide bonds. The number of furan rings is 1. The van der Waals surface area contributed by atoms with E-state index in [4.69, 9.17) is 14.4 Å². The molecule has 0 aliphatic carbocycles. The van der Waals surface area contributed by atoms with E-state index in [9.17, 15) is 0 Å². The minimum atomic E-state index is 0.699. The summed E-state index contributed by atoms with van der Waals surface area (Å²) in [7, 11) is 0. The lowest BCUT2D eigenvalue weighted by Gasteiger charge is -2.14. The van der Waals surface area contributed by atoms with Crippen LogP contribution < -0.4 is 0 Å². The van der Waals surface area contributed by atoms with Gasteiger partial charge in [-0.15, -0.1) is 11.3 Å². The van der Waals surface area contributed by atoms with Crippen molar-refractivity contribution in [3.8, 4) is 67.3 Å². The van der Waals surface area contributed by atoms with Crippen LogP contribution in [0, 0.1) is 0 Å². The van der Waals surface area contributed by atoms with Gasteiger partial charge in [0.15, 0.2) is 5.82 Å². The van der Waals surface area contributed by atoms with E-state index in [1.165, 1.54) is 25.7 Å². The standard InChI is InChI=1S/C52H32N2OS/c1-3-13-33(14-4-1)46-32-47(54-52(53-46)34-15-5-2-6-16-34)40-29-38(28-39(30-40)41-21-12-22-44-43-20-8-10-24-50(43)56-51(41)44)36-18-11-17-35(27-36)37-25-26-49-45(31-37)42-19-7-9-23-48(42)55-49/h1-32H. The molecule has 0 aliphatic heterocycles. The Bertz CT molecular complexity index is 3190. The highest BCUT2D eigenvalue weighted by atomic mass is 32.1. The van der Waals surface area contributed by atoms with Crippen LogP contribution in [-0.2, 0) is 0 Å². The van der Waals surface area contributed by atoms with E-state index < -0.39 is 0 Å². The molecule has 4 heteroatoms. The van der Waals surface area contributed by atoms with Crippen molar-refractivity contribution in [1.82, 2.24) is 9.97 Å². The molecule has 3 heterocycles. The van der Waals surface area contributed by atoms with Crippen molar-refractivity contribution in [3.63, 3.8) is 0 Å². The summed E-state index contributed by atoms with van der Waals surface area (Å²) in [5.41, 5.74) is 13.5. The van der Waals surface area contributed by atoms with Crippen molar-refractivity contribution < 1.29 is 4.42 Å². The van der Waals surface area contributed by atoms with Gasteiger partial charge >= 0.3 is 0 Å². The fraction of sp³-hybridized carbons (Fsp3) is 0. The van der Waals surface area contributed by atoms with Gasteiger partial charge in [0, 0.05) is 47.6 Å². The van der Waals surface area contributed by atoms with E-state index >= 15 is 0 Å². The minimum Gasteiger partial charge on any atom is -0.456 e. The van der Waals surface area contributed by atoms with E-state index in [-0.39, 0.29) is 0 Å². The van der Waals surface area contributed by atoms with Crippen LogP contribution in [0.4, 0.5) is 0 Å². The maximum Gasteiger partial charge on any atom is 0.160 e. The van der Waals surface area contributed by atoms with Gasteiger partial charge < -0.3 is 4.42 Å². The number of fused-ring (bicyclic) bond motifs is 6. The maximum absolute atomic E-state index is 6.16. The molecule has 0 spiro atoms. The molecule has 0 saturated carbocycles. The van der Waals surface area contributed by atoms with Crippen molar-refractivity contribution in [3.05, 3.63) is 194 Å². The molecular formula is C52H32N2OS. The third-order valence-corrected chi connectivity index (χ3v) is 11.9. The van der Waals surface area contributed by atoms with Gasteiger partial charge in [-0.1, -0.05) is 140 Å². The summed E-state index contributed by atoms with van der Waals surface area (Å²) in [6, 6.07) is 68.7. The summed E-state index contributed by atoms with van der Waals surface area (Å²) in [4.78, 5) is 10.4. The molecule has 11 aromatic rings. The van der Waals surface area contributed by atoms with Crippen LogP contribution in [0.1, 0.15) is 0 Å². The number of hydrogen-bond donors (Lipinski definition) is 0. The zero-order valence-corrected chi connectivity index (χ0v) is 31.0. The zero-order valence-electron chi connectivity index (χ0n) is 30.2. The molecule has 0 atom stereocenters. The molecule has 0 N–H and O–H groups in total. The van der Waals surface area contributed by atoms with Crippen molar-refractivity contribution in [2.75, 3.05) is 0 Å². The first-order valence-electron chi connectivity index (χ1n) is 18.8. The van der Waals surface area contributed by atoms with Gasteiger partial charge in [-0.25, -0.2) is 9.97 Å². The lowest BCUT2D eigenvalue weighted by Crippen LogP contribution is -1.96. The molecule has 0 unspecified atom stereocenters. The first-order valence-corrected chi connectivity index (χ1v) is 19.6. The lowest BCUT2D eigenvalue weighted by atomic mass is 9.92. The van der Waals surface area contributed by atoms with Gasteiger partial charge in [-0.3, -0.25) is 0 Å². The van der Waals surface area contributed by atoms with Gasteiger partial charge in [0.25, 0.3) is 0 Å². The molecule has 0 radical (unpaired) electrons. The summed E-state index contributed by atoms with van der Waals surface area (Å²) < 4.78 is 8.73. The Hall–Kier alpha value is -7.14. The first kappa shape index (κ1) is 32.3. The highest BCUT2D eigenvalue weighted by Gasteiger charge is 2.17. The second kappa shape index (κ2) is 13.3. The van der Waals surface area contributed by atoms with Gasteiger partial charge in [0.1, 0.15) is 11.2 Å². The van der Waals surface area contributed by atoms with Crippen LogP contribution in [-0.4, -0.2) is 9.97 Å². The van der Waals surface area contributed by atoms with E-state index in [0.717, 1.165) is 77.8 Å². The SMILES string of the molecule is c1ccc(-c2cc(-c3cc(-c4cccc(-c5ccc6oc7ccccc7c6c5)c4)cc(-c4cccc5c4sc4ccccc45)c3)nc(-c3ccccc3)n2)cc1. The summed E-state index contributed by atoms with van der Waals surface area (Å²) in [6.45, 7) is 0. The van der Waals surface area contributed by atoms with Gasteiger partial charge in [-0.2, -0.15) is 0 Å². The normalized spacial score (nSPS) is 11.6. The monoisotopic (exact) mass is 732 g/mol. The van der Waals surface area contributed by atoms with E-state index in [2.05, 4.69) is 158 Å². The molecule has 0 fully saturated rings. The van der Waals surface area contributed by atoms with Gasteiger partial charge in [0.2, 0.25) is 0 Å². The van der Waals surface area contributed by atoms with Crippen LogP contribution in [0.2, 0.25) is 0 Å². The predicted octanol–water partition coefficient (Wildman–Crippen LogP) is 14.7. The summed E-state index contributed by atoms with van der Waals surface area (Å²) in [6.07, 6.45) is 0. The highest BCUT2D eigenvalue weighted by molar-refractivity contribution is 7.26. The minimum absolute atomic E-state index is 0.699. The summed E-state index contributed by atoms with van der Waals surface area (Å²) in [5, 5.41) is 4.81. The average Bonchev–Trinajstić information content (AvgIpc) is 3.85. The highest BCUT2D eigenvalue weighted by Crippen LogP contribution is 2.43. The molecule has 0 bridgehead atoms. The molecular weight excluding hydrogens is 701 g/mol. The van der Waals surface area contributed by atoms with Crippen LogP contribution >= 0.6 is 11.3 Å². The van der Waals surface area contributed by atoms with Crippen LogP contribution in [0.15, 0.2) is 199 Å². The predicted molar refractivity (Wildman–Crippen MR) is 235 cm³/mol. The Morgan fingerprint density at radius 3 is 1.75 bits per heavy atom. The van der Waals surface area contributed by atoms with E-state index in [1.807, 2.05) is 47.7 Å². The summed E-state index contributed by atoms with van der Waals surface area (Å²) in [5.74, 6) is 0.699. The van der Waals surface area contributed by atoms with E-state index in [1.54, 1.807) is 0 Å². The lowest BCUT2D eigenvalue weighted by molar-refractivity contribution is 0.669. The Labute approximate surface area is 327 Å². The molecule has 3 nitrogen and oxygen atoms in total. The smallest absolute Gasteiger partial charge is 0.160 e. The Balaban J connectivity index is 1.12. The maximum atomic E-state index is 6.16. The van der Waals surface area contributed by atoms with Crippen LogP contribution in [0.5, 0.6) is 0 Å². The number of para-hydroxylation sites is 1. The number of aromatic nitrogens is 2. The molecule has 56 heavy (non-hydrogen) atoms. The fourth-order valence-electron chi connectivity index (χ4n) is 7.92. The number of nitrogens with zero attached hydrogens (tertiary/aromatic N) is 2. The van der Waals surface area contributed by atoms with Crippen molar-refractivity contribution in [2.24, 2.45) is 0 Å². The number of thiophene rings is 1. The second-order valence-corrected chi connectivity index (χ2v) is 15.2. The third-order valence-electron chi connectivity index (χ3n) is 10.7. The molecule has 3 aromatic heterocycles. The van der Waals surface area contributed by atoms with Crippen molar-refractivity contribution in [2.45, 2.75) is 0 Å². The molecule has 11 rings (SSSR count). The van der Waals surface area contributed by atoms with Crippen LogP contribution in [0.3, 0.4) is 0 Å². The Kier molecular flexibility index (Phi) is 7.68. The molecule has 262 valence electrons. The number of benzene rings is 8. The first-order chi connectivity index (χ1) is 27.7. The zero-order chi connectivity index (χ0) is 37.0. The van der Waals surface area contributed by atoms with Gasteiger partial charge in [-0.05, 0) is 88.0 Å². The quantitative estimate of drug-likeness (QED) is 0.171. The molecule has 0 aliphatic rings. The Morgan fingerprint density at radius 2 is 0.911 bits per heavy atom. The van der Waals surface area contributed by atoms with Crippen LogP contribution in [0.25, 0.3) is 109 Å². The van der Waals surface area contributed by atoms with Crippen molar-refractivity contribution in [1.29, 1.82) is 0 Å². The van der Waals surface area contributed by atoms with Crippen molar-refractivity contribution >= 4 is 53.4 Å². The Morgan fingerprint density at radius 1 is 0.339 bits per heavy atom. The van der Waals surface area contributed by atoms with Gasteiger partial charge in [0.05, 0.1) is 11.4 Å². The largest absolute Gasteiger partial charge is 0.456 e. The number of hydrogen-bond acceptors (Lipinski definition) is 4. The fourth-order valence-corrected chi connectivity index (χ4v) is 9.16. The number of rotatable bonds is 6. The average molecular weight is 733 g/mol. The molecule has 0 saturated heterocycles. The topological polar surface area (TPSA) is 38.9 Å². The van der Waals surface area contributed by atoms with E-state index in [0.29, 0.717) is 5.82 Å².